The number of anilines is 1. The molecule has 0 saturated carbocycles. The first-order valence-corrected chi connectivity index (χ1v) is 6.28. The molecule has 1 rings (SSSR count). The van der Waals surface area contributed by atoms with Crippen molar-refractivity contribution in [3.63, 3.8) is 0 Å². The van der Waals surface area contributed by atoms with Crippen LogP contribution in [0.5, 0.6) is 0 Å². The fourth-order valence-electron chi connectivity index (χ4n) is 1.44. The van der Waals surface area contributed by atoms with Gasteiger partial charge < -0.3 is 15.2 Å². The Bertz CT molecular complexity index is 459. The highest BCUT2D eigenvalue weighted by atomic mass is 35.5. The van der Waals surface area contributed by atoms with Gasteiger partial charge in [0, 0.05) is 22.3 Å². The maximum absolute atomic E-state index is 11.9. The van der Waals surface area contributed by atoms with Crippen LogP contribution in [0.4, 0.5) is 5.69 Å². The number of hydrogen-bond acceptors (Lipinski definition) is 3. The van der Waals surface area contributed by atoms with Crippen LogP contribution >= 0.6 is 23.2 Å². The van der Waals surface area contributed by atoms with Crippen molar-refractivity contribution in [1.29, 1.82) is 0 Å². The van der Waals surface area contributed by atoms with Gasteiger partial charge in [-0.25, -0.2) is 0 Å². The van der Waals surface area contributed by atoms with Gasteiger partial charge >= 0.3 is 5.97 Å². The van der Waals surface area contributed by atoms with Gasteiger partial charge in [-0.05, 0) is 25.1 Å². The van der Waals surface area contributed by atoms with E-state index in [0.717, 1.165) is 0 Å². The van der Waals surface area contributed by atoms with Gasteiger partial charge in [-0.1, -0.05) is 23.2 Å². The lowest BCUT2D eigenvalue weighted by Gasteiger charge is -2.15. The lowest BCUT2D eigenvalue weighted by atomic mass is 10.2. The Hall–Kier alpha value is -1.30. The molecule has 1 aromatic rings. The molecule has 1 unspecified atom stereocenters. The number of halogens is 2. The Labute approximate surface area is 120 Å². The molecule has 0 spiro atoms. The van der Waals surface area contributed by atoms with E-state index in [9.17, 15) is 9.59 Å². The van der Waals surface area contributed by atoms with Crippen molar-refractivity contribution >= 4 is 40.8 Å². The molecule has 0 radical (unpaired) electrons. The molecule has 2 N–H and O–H groups in total. The van der Waals surface area contributed by atoms with E-state index < -0.39 is 24.4 Å². The number of nitrogens with one attached hydrogen (secondary N) is 1. The summed E-state index contributed by atoms with van der Waals surface area (Å²) in [5.74, 6) is -1.67. The van der Waals surface area contributed by atoms with Crippen LogP contribution in [-0.4, -0.2) is 29.7 Å². The van der Waals surface area contributed by atoms with E-state index in [2.05, 4.69) is 5.32 Å². The van der Waals surface area contributed by atoms with E-state index in [1.807, 2.05) is 0 Å². The van der Waals surface area contributed by atoms with Gasteiger partial charge in [0.05, 0.1) is 6.42 Å². The molecule has 0 bridgehead atoms. The lowest BCUT2D eigenvalue weighted by molar-refractivity contribution is -0.144. The van der Waals surface area contributed by atoms with E-state index in [1.165, 1.54) is 18.2 Å². The maximum Gasteiger partial charge on any atom is 0.306 e. The van der Waals surface area contributed by atoms with Gasteiger partial charge in [-0.3, -0.25) is 9.59 Å². The smallest absolute Gasteiger partial charge is 0.306 e. The third-order valence-electron chi connectivity index (χ3n) is 2.15. The number of carboxylic acid groups (broad SMARTS) is 1. The van der Waals surface area contributed by atoms with Crippen LogP contribution in [0.2, 0.25) is 10.0 Å². The number of carbonyl (C=O) groups is 2. The Morgan fingerprint density at radius 3 is 2.37 bits per heavy atom. The number of benzene rings is 1. The second-order valence-corrected chi connectivity index (χ2v) is 4.56. The zero-order valence-electron chi connectivity index (χ0n) is 10.2. The summed E-state index contributed by atoms with van der Waals surface area (Å²) in [6, 6.07) is 4.54. The molecule has 7 heteroatoms. The molecule has 0 saturated heterocycles. The summed E-state index contributed by atoms with van der Waals surface area (Å²) in [6.45, 7) is 1.92. The first-order chi connectivity index (χ1) is 8.92. The molecule has 104 valence electrons. The standard InChI is InChI=1S/C12H13Cl2NO4/c1-2-19-10(6-11(16)17)12(18)15-9-4-7(13)3-8(14)5-9/h3-5,10H,2,6H2,1H3,(H,15,18)(H,16,17). The molecule has 0 aliphatic heterocycles. The number of amides is 1. The summed E-state index contributed by atoms with van der Waals surface area (Å²) in [6.07, 6.45) is -1.46. The van der Waals surface area contributed by atoms with Crippen LogP contribution < -0.4 is 5.32 Å². The van der Waals surface area contributed by atoms with Crippen molar-refractivity contribution < 1.29 is 19.4 Å². The summed E-state index contributed by atoms with van der Waals surface area (Å²) >= 11 is 11.6. The van der Waals surface area contributed by atoms with Gasteiger partial charge in [0.15, 0.2) is 0 Å². The summed E-state index contributed by atoms with van der Waals surface area (Å²) in [5, 5.41) is 12.0. The van der Waals surface area contributed by atoms with Gasteiger partial charge in [-0.15, -0.1) is 0 Å². The van der Waals surface area contributed by atoms with E-state index in [0.29, 0.717) is 15.7 Å². The lowest BCUT2D eigenvalue weighted by Crippen LogP contribution is -2.32. The molecule has 0 aliphatic carbocycles. The van der Waals surface area contributed by atoms with Crippen molar-refractivity contribution in [1.82, 2.24) is 0 Å². The molecule has 1 amide bonds. The number of hydrogen-bond donors (Lipinski definition) is 2. The maximum atomic E-state index is 11.9. The third-order valence-corrected chi connectivity index (χ3v) is 2.59. The molecule has 5 nitrogen and oxygen atoms in total. The molecular formula is C12H13Cl2NO4. The van der Waals surface area contributed by atoms with Crippen LogP contribution in [0.3, 0.4) is 0 Å². The third kappa shape index (κ3) is 5.46. The highest BCUT2D eigenvalue weighted by molar-refractivity contribution is 6.35. The molecule has 1 aromatic carbocycles. The second-order valence-electron chi connectivity index (χ2n) is 3.69. The van der Waals surface area contributed by atoms with Crippen LogP contribution in [0.25, 0.3) is 0 Å². The van der Waals surface area contributed by atoms with Crippen molar-refractivity contribution in [3.8, 4) is 0 Å². The molecule has 0 aliphatic rings. The van der Waals surface area contributed by atoms with Crippen LogP contribution in [0.1, 0.15) is 13.3 Å². The zero-order chi connectivity index (χ0) is 14.4. The summed E-state index contributed by atoms with van der Waals surface area (Å²) in [5.41, 5.74) is 0.387. The molecule has 0 heterocycles. The van der Waals surface area contributed by atoms with Crippen molar-refractivity contribution in [2.24, 2.45) is 0 Å². The zero-order valence-corrected chi connectivity index (χ0v) is 11.7. The molecule has 1 atom stereocenters. The number of carbonyl (C=O) groups excluding carboxylic acids is 1. The Morgan fingerprint density at radius 1 is 1.32 bits per heavy atom. The molecule has 0 fully saturated rings. The largest absolute Gasteiger partial charge is 0.481 e. The van der Waals surface area contributed by atoms with Crippen LogP contribution in [-0.2, 0) is 14.3 Å². The van der Waals surface area contributed by atoms with Crippen molar-refractivity contribution in [2.45, 2.75) is 19.4 Å². The SMILES string of the molecule is CCOC(CC(=O)O)C(=O)Nc1cc(Cl)cc(Cl)c1. The highest BCUT2D eigenvalue weighted by Gasteiger charge is 2.22. The van der Waals surface area contributed by atoms with Gasteiger partial charge in [0.2, 0.25) is 0 Å². The predicted octanol–water partition coefficient (Wildman–Crippen LogP) is 2.81. The topological polar surface area (TPSA) is 75.6 Å². The normalized spacial score (nSPS) is 11.9. The summed E-state index contributed by atoms with van der Waals surface area (Å²) < 4.78 is 5.09. The van der Waals surface area contributed by atoms with E-state index in [4.69, 9.17) is 33.0 Å². The number of aliphatic carboxylic acids is 1. The minimum atomic E-state index is -1.11. The molecule has 0 aromatic heterocycles. The average molecular weight is 306 g/mol. The quantitative estimate of drug-likeness (QED) is 0.847. The average Bonchev–Trinajstić information content (AvgIpc) is 2.26. The highest BCUT2D eigenvalue weighted by Crippen LogP contribution is 2.22. The molecule has 19 heavy (non-hydrogen) atoms. The molecular weight excluding hydrogens is 293 g/mol. The fourth-order valence-corrected chi connectivity index (χ4v) is 1.96. The van der Waals surface area contributed by atoms with Gasteiger partial charge in [0.25, 0.3) is 5.91 Å². The summed E-state index contributed by atoms with van der Waals surface area (Å²) in [7, 11) is 0. The first kappa shape index (κ1) is 15.8. The Kier molecular flexibility index (Phi) is 6.08. The van der Waals surface area contributed by atoms with E-state index in [1.54, 1.807) is 6.92 Å². The number of carboxylic acids is 1. The van der Waals surface area contributed by atoms with Gasteiger partial charge in [-0.2, -0.15) is 0 Å². The number of ether oxygens (including phenoxy) is 1. The summed E-state index contributed by atoms with van der Waals surface area (Å²) in [4.78, 5) is 22.5. The van der Waals surface area contributed by atoms with Crippen LogP contribution in [0, 0.1) is 0 Å². The minimum Gasteiger partial charge on any atom is -0.481 e. The Morgan fingerprint density at radius 2 is 1.89 bits per heavy atom. The van der Waals surface area contributed by atoms with E-state index in [-0.39, 0.29) is 6.61 Å². The first-order valence-electron chi connectivity index (χ1n) is 5.52. The van der Waals surface area contributed by atoms with Crippen LogP contribution in [0.15, 0.2) is 18.2 Å². The van der Waals surface area contributed by atoms with Crippen molar-refractivity contribution in [2.75, 3.05) is 11.9 Å². The van der Waals surface area contributed by atoms with Crippen molar-refractivity contribution in [3.05, 3.63) is 28.2 Å². The number of rotatable bonds is 6. The minimum absolute atomic E-state index is 0.238. The fraction of sp³-hybridized carbons (Fsp3) is 0.333. The monoisotopic (exact) mass is 305 g/mol. The van der Waals surface area contributed by atoms with E-state index >= 15 is 0 Å². The Balaban J connectivity index is 2.77. The van der Waals surface area contributed by atoms with Gasteiger partial charge in [0.1, 0.15) is 6.10 Å². The second kappa shape index (κ2) is 7.33. The predicted molar refractivity (Wildman–Crippen MR) is 72.8 cm³/mol.